The summed E-state index contributed by atoms with van der Waals surface area (Å²) in [6, 6.07) is 1.54. The van der Waals surface area contributed by atoms with Gasteiger partial charge < -0.3 is 15.4 Å². The Kier molecular flexibility index (Phi) is 10.6. The second-order valence-corrected chi connectivity index (χ2v) is 11.4. The summed E-state index contributed by atoms with van der Waals surface area (Å²) in [5.41, 5.74) is 0.0160. The topological polar surface area (TPSA) is 167 Å². The smallest absolute Gasteiger partial charge is 0.429 e. The molecule has 2 rings (SSSR count). The lowest BCUT2D eigenvalue weighted by Gasteiger charge is -2.36. The molecule has 2 amide bonds. The number of esters is 1. The number of nitrogens with zero attached hydrogens (tertiary/aromatic N) is 2. The van der Waals surface area contributed by atoms with Crippen LogP contribution in [-0.2, 0) is 39.7 Å². The summed E-state index contributed by atoms with van der Waals surface area (Å²) in [6.45, 7) is 6.26. The highest BCUT2D eigenvalue weighted by Gasteiger charge is 2.59. The molecule has 1 aliphatic rings. The van der Waals surface area contributed by atoms with Crippen LogP contribution < -0.4 is 10.6 Å². The molecule has 1 unspecified atom stereocenters. The van der Waals surface area contributed by atoms with Gasteiger partial charge in [-0.3, -0.25) is 19.1 Å². The summed E-state index contributed by atoms with van der Waals surface area (Å²) < 4.78 is 22.4. The molecule has 1 aliphatic heterocycles. The third-order valence-corrected chi connectivity index (χ3v) is 6.96. The van der Waals surface area contributed by atoms with Gasteiger partial charge in [0.25, 0.3) is 5.91 Å². The number of hydrogen-bond donors (Lipinski definition) is 3. The Hall–Kier alpha value is -2.09. The maximum Gasteiger partial charge on any atom is 0.576 e. The maximum absolute atomic E-state index is 12.7. The molecular weight excluding hydrogens is 503 g/mol. The SMILES string of the molecule is CC(=O)SCCNC(=O)CCNC(=O)[C@@H]1O[P+](O)(OCOC(=O)c2cc(C)nn2C)OCC1(C)C. The fourth-order valence-electron chi connectivity index (χ4n) is 2.99. The van der Waals surface area contributed by atoms with E-state index < -0.39 is 38.4 Å². The molecule has 15 heteroatoms. The first-order chi connectivity index (χ1) is 16.3. The quantitative estimate of drug-likeness (QED) is 0.159. The molecule has 1 aromatic rings. The van der Waals surface area contributed by atoms with E-state index in [0.29, 0.717) is 18.0 Å². The Bertz CT molecular complexity index is 942. The number of carbonyl (C=O) groups is 4. The Morgan fingerprint density at radius 1 is 1.31 bits per heavy atom. The van der Waals surface area contributed by atoms with Gasteiger partial charge in [0.2, 0.25) is 12.7 Å². The van der Waals surface area contributed by atoms with Crippen LogP contribution in [0.1, 0.15) is 43.4 Å². The minimum absolute atomic E-state index is 0.0273. The number of aryl methyl sites for hydroxylation is 2. The van der Waals surface area contributed by atoms with E-state index in [-0.39, 0.29) is 36.3 Å². The average molecular weight is 536 g/mol. The van der Waals surface area contributed by atoms with E-state index in [2.05, 4.69) is 15.7 Å². The van der Waals surface area contributed by atoms with E-state index in [9.17, 15) is 24.1 Å². The van der Waals surface area contributed by atoms with Crippen LogP contribution in [0.4, 0.5) is 0 Å². The van der Waals surface area contributed by atoms with Gasteiger partial charge in [0, 0.05) is 44.6 Å². The molecule has 0 radical (unpaired) electrons. The minimum Gasteiger partial charge on any atom is -0.429 e. The lowest BCUT2D eigenvalue weighted by atomic mass is 9.87. The lowest BCUT2D eigenvalue weighted by Crippen LogP contribution is -2.51. The number of ether oxygens (including phenoxy) is 1. The number of hydrogen-bond acceptors (Lipinski definition) is 11. The molecule has 1 saturated heterocycles. The van der Waals surface area contributed by atoms with Crippen LogP contribution in [0.25, 0.3) is 0 Å². The van der Waals surface area contributed by atoms with Gasteiger partial charge in [0.15, 0.2) is 11.2 Å². The molecule has 35 heavy (non-hydrogen) atoms. The molecule has 0 spiro atoms. The van der Waals surface area contributed by atoms with E-state index in [1.807, 2.05) is 0 Å². The van der Waals surface area contributed by atoms with Crippen LogP contribution in [0.15, 0.2) is 6.07 Å². The van der Waals surface area contributed by atoms with E-state index in [1.54, 1.807) is 27.8 Å². The first-order valence-electron chi connectivity index (χ1n) is 10.8. The van der Waals surface area contributed by atoms with Crippen molar-refractivity contribution in [1.82, 2.24) is 20.4 Å². The molecule has 0 bridgehead atoms. The molecule has 0 aromatic carbocycles. The van der Waals surface area contributed by atoms with Crippen molar-refractivity contribution in [2.75, 3.05) is 32.2 Å². The van der Waals surface area contributed by atoms with Crippen molar-refractivity contribution in [2.24, 2.45) is 12.5 Å². The Balaban J connectivity index is 1.81. The number of amides is 2. The van der Waals surface area contributed by atoms with Crippen molar-refractivity contribution in [3.8, 4) is 0 Å². The molecule has 1 fully saturated rings. The Labute approximate surface area is 208 Å². The second kappa shape index (κ2) is 12.7. The number of nitrogens with one attached hydrogen (secondary N) is 2. The fraction of sp³-hybridized carbons (Fsp3) is 0.650. The zero-order valence-corrected chi connectivity index (χ0v) is 22.1. The Morgan fingerprint density at radius 3 is 2.66 bits per heavy atom. The summed E-state index contributed by atoms with van der Waals surface area (Å²) in [6.07, 6.45) is -1.11. The summed E-state index contributed by atoms with van der Waals surface area (Å²) in [5, 5.41) is 9.28. The van der Waals surface area contributed by atoms with Crippen LogP contribution in [0, 0.1) is 12.3 Å². The van der Waals surface area contributed by atoms with Gasteiger partial charge in [-0.25, -0.2) is 4.79 Å². The van der Waals surface area contributed by atoms with Crippen LogP contribution in [0.2, 0.25) is 0 Å². The molecule has 2 atom stereocenters. The lowest BCUT2D eigenvalue weighted by molar-refractivity contribution is -0.146. The largest absolute Gasteiger partial charge is 0.576 e. The third-order valence-electron chi connectivity index (χ3n) is 4.78. The number of thioether (sulfide) groups is 1. The summed E-state index contributed by atoms with van der Waals surface area (Å²) in [4.78, 5) is 58.2. The molecule has 2 heterocycles. The van der Waals surface area contributed by atoms with Crippen molar-refractivity contribution in [3.63, 3.8) is 0 Å². The minimum atomic E-state index is -3.96. The number of aromatic nitrogens is 2. The molecule has 0 saturated carbocycles. The predicted molar refractivity (Wildman–Crippen MR) is 127 cm³/mol. The summed E-state index contributed by atoms with van der Waals surface area (Å²) in [5.74, 6) is -1.08. The third kappa shape index (κ3) is 9.13. The second-order valence-electron chi connectivity index (χ2n) is 8.42. The van der Waals surface area contributed by atoms with Gasteiger partial charge in [-0.15, -0.1) is 9.05 Å². The predicted octanol–water partition coefficient (Wildman–Crippen LogP) is 0.873. The van der Waals surface area contributed by atoms with Gasteiger partial charge in [0.05, 0.1) is 5.69 Å². The van der Waals surface area contributed by atoms with Crippen molar-refractivity contribution in [3.05, 3.63) is 17.5 Å². The summed E-state index contributed by atoms with van der Waals surface area (Å²) >= 11 is 1.11. The number of rotatable bonds is 11. The average Bonchev–Trinajstić information content (AvgIpc) is 3.11. The molecule has 0 aliphatic carbocycles. The van der Waals surface area contributed by atoms with Crippen molar-refractivity contribution < 1.29 is 42.4 Å². The normalized spacial score (nSPS) is 21.3. The molecule has 3 N–H and O–H groups in total. The van der Waals surface area contributed by atoms with Crippen LogP contribution in [-0.4, -0.2) is 75.9 Å². The molecular formula is C20H32N4O9PS+. The molecule has 13 nitrogen and oxygen atoms in total. The van der Waals surface area contributed by atoms with E-state index >= 15 is 0 Å². The van der Waals surface area contributed by atoms with Gasteiger partial charge in [-0.05, 0) is 13.0 Å². The highest BCUT2D eigenvalue weighted by atomic mass is 32.2. The Morgan fingerprint density at radius 2 is 2.03 bits per heavy atom. The zero-order chi connectivity index (χ0) is 26.2. The first kappa shape index (κ1) is 29.1. The van der Waals surface area contributed by atoms with Crippen LogP contribution in [0.5, 0.6) is 0 Å². The van der Waals surface area contributed by atoms with Gasteiger partial charge in [-0.2, -0.15) is 14.5 Å². The highest BCUT2D eigenvalue weighted by molar-refractivity contribution is 8.13. The van der Waals surface area contributed by atoms with Gasteiger partial charge >= 0.3 is 14.1 Å². The van der Waals surface area contributed by atoms with Crippen LogP contribution in [0.3, 0.4) is 0 Å². The standard InChI is InChI=1S/C20H31N4O9PS/c1-13-10-15(24(5)23-13)19(28)30-12-32-34(29)31-11-20(3,4)17(33-34)18(27)22-7-6-16(26)21-8-9-35-14(2)25/h10,17,29H,6-9,11-12H2,1-5H3,(H-,21,22,26,27)/p+1/t17-,34?/m0/s1. The number of carbonyl (C=O) groups excluding carboxylic acids is 4. The van der Waals surface area contributed by atoms with E-state index in [4.69, 9.17) is 18.3 Å². The zero-order valence-electron chi connectivity index (χ0n) is 20.4. The van der Waals surface area contributed by atoms with Crippen molar-refractivity contribution in [1.29, 1.82) is 0 Å². The van der Waals surface area contributed by atoms with E-state index in [0.717, 1.165) is 11.8 Å². The van der Waals surface area contributed by atoms with Crippen molar-refractivity contribution in [2.45, 2.75) is 40.2 Å². The summed E-state index contributed by atoms with van der Waals surface area (Å²) in [7, 11) is -2.37. The van der Waals surface area contributed by atoms with Gasteiger partial charge in [0.1, 0.15) is 12.3 Å². The highest BCUT2D eigenvalue weighted by Crippen LogP contribution is 2.63. The first-order valence-corrected chi connectivity index (χ1v) is 13.3. The van der Waals surface area contributed by atoms with Crippen LogP contribution >= 0.6 is 19.9 Å². The van der Waals surface area contributed by atoms with Gasteiger partial charge in [-0.1, -0.05) is 25.6 Å². The fourth-order valence-corrected chi connectivity index (χ4v) is 5.01. The molecule has 1 aromatic heterocycles. The monoisotopic (exact) mass is 535 g/mol. The van der Waals surface area contributed by atoms with Crippen molar-refractivity contribution >= 4 is 42.8 Å². The maximum atomic E-state index is 12.7. The molecule has 196 valence electrons. The van der Waals surface area contributed by atoms with E-state index in [1.165, 1.54) is 17.7 Å².